The first-order chi connectivity index (χ1) is 9.78. The van der Waals surface area contributed by atoms with Crippen molar-refractivity contribution < 1.29 is 4.79 Å². The number of likely N-dealkylation sites (tertiary alicyclic amines) is 2. The number of carbonyl (C=O) groups excluding carboxylic acids is 1. The lowest BCUT2D eigenvalue weighted by atomic mass is 10.0. The predicted octanol–water partition coefficient (Wildman–Crippen LogP) is 0.885. The first-order valence-electron chi connectivity index (χ1n) is 7.66. The van der Waals surface area contributed by atoms with E-state index in [-0.39, 0.29) is 0 Å². The lowest BCUT2D eigenvalue weighted by Gasteiger charge is -2.37. The first kappa shape index (κ1) is 13.5. The van der Waals surface area contributed by atoms with Gasteiger partial charge in [0.05, 0.1) is 6.54 Å². The number of amides is 1. The van der Waals surface area contributed by atoms with Crippen molar-refractivity contribution in [3.8, 4) is 0 Å². The smallest absolute Gasteiger partial charge is 0.222 e. The summed E-state index contributed by atoms with van der Waals surface area (Å²) in [5.41, 5.74) is 0. The third kappa shape index (κ3) is 2.70. The Morgan fingerprint density at radius 2 is 2.25 bits per heavy atom. The van der Waals surface area contributed by atoms with Gasteiger partial charge in [0.25, 0.3) is 0 Å². The van der Waals surface area contributed by atoms with Crippen LogP contribution >= 0.6 is 0 Å². The second-order valence-electron chi connectivity index (χ2n) is 5.71. The minimum absolute atomic E-state index is 0.341. The number of hydrogen-bond donors (Lipinski definition) is 0. The van der Waals surface area contributed by atoms with E-state index in [0.29, 0.717) is 11.9 Å². The van der Waals surface area contributed by atoms with Gasteiger partial charge in [-0.3, -0.25) is 9.69 Å². The molecule has 0 aliphatic carbocycles. The molecule has 2 fully saturated rings. The average Bonchev–Trinajstić information content (AvgIpc) is 3.08. The van der Waals surface area contributed by atoms with Crippen LogP contribution < -0.4 is 0 Å². The average molecular weight is 277 g/mol. The van der Waals surface area contributed by atoms with Gasteiger partial charge in [-0.25, -0.2) is 9.67 Å². The molecule has 1 aromatic rings. The van der Waals surface area contributed by atoms with Crippen LogP contribution in [0.15, 0.2) is 6.33 Å². The second-order valence-corrected chi connectivity index (χ2v) is 5.71. The zero-order valence-electron chi connectivity index (χ0n) is 12.2. The van der Waals surface area contributed by atoms with Crippen LogP contribution in [0.3, 0.4) is 0 Å². The maximum Gasteiger partial charge on any atom is 0.222 e. The Morgan fingerprint density at radius 3 is 3.00 bits per heavy atom. The van der Waals surface area contributed by atoms with E-state index >= 15 is 0 Å². The molecule has 20 heavy (non-hydrogen) atoms. The summed E-state index contributed by atoms with van der Waals surface area (Å²) in [5.74, 6) is 1.37. The molecule has 0 radical (unpaired) electrons. The number of carbonyl (C=O) groups is 1. The zero-order valence-corrected chi connectivity index (χ0v) is 12.2. The topological polar surface area (TPSA) is 54.3 Å². The first-order valence-corrected chi connectivity index (χ1v) is 7.66. The molecule has 2 aliphatic heterocycles. The van der Waals surface area contributed by atoms with Crippen molar-refractivity contribution in [2.24, 2.45) is 0 Å². The van der Waals surface area contributed by atoms with E-state index in [4.69, 9.17) is 0 Å². The van der Waals surface area contributed by atoms with Gasteiger partial charge in [-0.2, -0.15) is 5.10 Å². The third-order valence-corrected chi connectivity index (χ3v) is 4.39. The Labute approximate surface area is 119 Å². The molecule has 6 nitrogen and oxygen atoms in total. The number of piperidine rings is 1. The molecule has 3 rings (SSSR count). The summed E-state index contributed by atoms with van der Waals surface area (Å²) in [4.78, 5) is 20.7. The predicted molar refractivity (Wildman–Crippen MR) is 74.9 cm³/mol. The molecule has 0 unspecified atom stereocenters. The molecule has 110 valence electrons. The van der Waals surface area contributed by atoms with Gasteiger partial charge in [0, 0.05) is 32.1 Å². The molecule has 0 bridgehead atoms. The van der Waals surface area contributed by atoms with Crippen LogP contribution in [-0.4, -0.2) is 56.1 Å². The Balaban J connectivity index is 1.62. The summed E-state index contributed by atoms with van der Waals surface area (Å²) in [6.45, 7) is 6.80. The molecule has 0 saturated carbocycles. The summed E-state index contributed by atoms with van der Waals surface area (Å²) in [7, 11) is 0. The molecular formula is C14H23N5O. The normalized spacial score (nSPS) is 24.6. The van der Waals surface area contributed by atoms with E-state index < -0.39 is 0 Å². The maximum absolute atomic E-state index is 11.9. The van der Waals surface area contributed by atoms with Crippen LogP contribution in [0.5, 0.6) is 0 Å². The van der Waals surface area contributed by atoms with Crippen molar-refractivity contribution >= 4 is 5.91 Å². The SMILES string of the molecule is CCn1ncnc1CN1CCC[C@H](N2CCCC2=O)C1. The van der Waals surface area contributed by atoms with Crippen LogP contribution in [0.1, 0.15) is 38.4 Å². The highest BCUT2D eigenvalue weighted by atomic mass is 16.2. The van der Waals surface area contributed by atoms with Crippen molar-refractivity contribution in [2.75, 3.05) is 19.6 Å². The molecule has 2 aliphatic rings. The summed E-state index contributed by atoms with van der Waals surface area (Å²) >= 11 is 0. The summed E-state index contributed by atoms with van der Waals surface area (Å²) in [6.07, 6.45) is 5.70. The van der Waals surface area contributed by atoms with Crippen LogP contribution in [0.2, 0.25) is 0 Å². The van der Waals surface area contributed by atoms with E-state index in [2.05, 4.69) is 26.8 Å². The van der Waals surface area contributed by atoms with Crippen molar-refractivity contribution in [1.82, 2.24) is 24.6 Å². The quantitative estimate of drug-likeness (QED) is 0.820. The molecule has 0 N–H and O–H groups in total. The molecule has 0 spiro atoms. The van der Waals surface area contributed by atoms with Gasteiger partial charge >= 0.3 is 0 Å². The lowest BCUT2D eigenvalue weighted by molar-refractivity contribution is -0.130. The molecule has 6 heteroatoms. The van der Waals surface area contributed by atoms with E-state index in [9.17, 15) is 4.79 Å². The number of rotatable bonds is 4. The van der Waals surface area contributed by atoms with Gasteiger partial charge in [0.15, 0.2) is 0 Å². The fourth-order valence-corrected chi connectivity index (χ4v) is 3.36. The van der Waals surface area contributed by atoms with E-state index in [1.807, 2.05) is 4.68 Å². The van der Waals surface area contributed by atoms with Gasteiger partial charge in [-0.15, -0.1) is 0 Å². The molecule has 1 amide bonds. The monoisotopic (exact) mass is 277 g/mol. The number of nitrogens with zero attached hydrogens (tertiary/aromatic N) is 5. The van der Waals surface area contributed by atoms with Crippen molar-refractivity contribution in [3.05, 3.63) is 12.2 Å². The maximum atomic E-state index is 11.9. The van der Waals surface area contributed by atoms with Crippen LogP contribution in [0.25, 0.3) is 0 Å². The van der Waals surface area contributed by atoms with Crippen LogP contribution in [-0.2, 0) is 17.9 Å². The molecule has 1 aromatic heterocycles. The van der Waals surface area contributed by atoms with Gasteiger partial charge in [-0.05, 0) is 32.7 Å². The van der Waals surface area contributed by atoms with Crippen molar-refractivity contribution in [3.63, 3.8) is 0 Å². The summed E-state index contributed by atoms with van der Waals surface area (Å²) < 4.78 is 1.95. The molecular weight excluding hydrogens is 254 g/mol. The highest BCUT2D eigenvalue weighted by Crippen LogP contribution is 2.22. The number of hydrogen-bond acceptors (Lipinski definition) is 4. The molecule has 3 heterocycles. The lowest BCUT2D eigenvalue weighted by Crippen LogP contribution is -2.48. The standard InChI is InChI=1S/C14H23N5O/c1-2-19-13(15-11-16-19)10-17-7-3-5-12(9-17)18-8-4-6-14(18)20/h11-12H,2-10H2,1H3/t12-/m0/s1. The number of aromatic nitrogens is 3. The van der Waals surface area contributed by atoms with Gasteiger partial charge < -0.3 is 4.90 Å². The Bertz CT molecular complexity index is 472. The zero-order chi connectivity index (χ0) is 13.9. The van der Waals surface area contributed by atoms with Gasteiger partial charge in [0.2, 0.25) is 5.91 Å². The summed E-state index contributed by atoms with van der Waals surface area (Å²) in [6, 6.07) is 0.400. The molecule has 0 aromatic carbocycles. The minimum Gasteiger partial charge on any atom is -0.338 e. The second kappa shape index (κ2) is 5.91. The molecule has 2 saturated heterocycles. The Hall–Kier alpha value is -1.43. The third-order valence-electron chi connectivity index (χ3n) is 4.39. The van der Waals surface area contributed by atoms with Crippen LogP contribution in [0.4, 0.5) is 0 Å². The van der Waals surface area contributed by atoms with Crippen LogP contribution in [0, 0.1) is 0 Å². The highest BCUT2D eigenvalue weighted by molar-refractivity contribution is 5.78. The van der Waals surface area contributed by atoms with Gasteiger partial charge in [0.1, 0.15) is 12.2 Å². The van der Waals surface area contributed by atoms with Crippen molar-refractivity contribution in [2.45, 2.75) is 51.7 Å². The fraction of sp³-hybridized carbons (Fsp3) is 0.786. The minimum atomic E-state index is 0.341. The fourth-order valence-electron chi connectivity index (χ4n) is 3.36. The van der Waals surface area contributed by atoms with E-state index in [1.54, 1.807) is 6.33 Å². The van der Waals surface area contributed by atoms with E-state index in [0.717, 1.165) is 64.2 Å². The number of aryl methyl sites for hydroxylation is 1. The Morgan fingerprint density at radius 1 is 1.35 bits per heavy atom. The van der Waals surface area contributed by atoms with Gasteiger partial charge in [-0.1, -0.05) is 0 Å². The Kier molecular flexibility index (Phi) is 4.00. The molecule has 1 atom stereocenters. The van der Waals surface area contributed by atoms with E-state index in [1.165, 1.54) is 0 Å². The van der Waals surface area contributed by atoms with Crippen molar-refractivity contribution in [1.29, 1.82) is 0 Å². The largest absolute Gasteiger partial charge is 0.338 e. The highest BCUT2D eigenvalue weighted by Gasteiger charge is 2.31. The summed E-state index contributed by atoms with van der Waals surface area (Å²) in [5, 5.41) is 4.22.